The molecule has 136 valence electrons. The van der Waals surface area contributed by atoms with E-state index < -0.39 is 0 Å². The summed E-state index contributed by atoms with van der Waals surface area (Å²) >= 11 is 7.20. The minimum absolute atomic E-state index is 0.115. The van der Waals surface area contributed by atoms with Gasteiger partial charge in [-0.25, -0.2) is 0 Å². The van der Waals surface area contributed by atoms with E-state index in [4.69, 9.17) is 16.0 Å². The molecule has 2 aromatic heterocycles. The zero-order chi connectivity index (χ0) is 18.5. The van der Waals surface area contributed by atoms with Crippen LogP contribution < -0.4 is 5.32 Å². The lowest BCUT2D eigenvalue weighted by Crippen LogP contribution is -2.15. The van der Waals surface area contributed by atoms with Gasteiger partial charge in [-0.15, -0.1) is 10.2 Å². The molecule has 0 aliphatic carbocycles. The highest BCUT2D eigenvalue weighted by Gasteiger charge is 2.18. The van der Waals surface area contributed by atoms with Crippen molar-refractivity contribution in [1.82, 2.24) is 14.8 Å². The third kappa shape index (κ3) is 4.68. The molecule has 1 amide bonds. The topological polar surface area (TPSA) is 73.0 Å². The normalized spacial score (nSPS) is 11.1. The van der Waals surface area contributed by atoms with Gasteiger partial charge in [0.05, 0.1) is 12.0 Å². The number of nitrogens with one attached hydrogen (secondary N) is 1. The number of hydrogen-bond donors (Lipinski definition) is 1. The van der Waals surface area contributed by atoms with E-state index in [1.807, 2.05) is 16.7 Å². The van der Waals surface area contributed by atoms with Crippen molar-refractivity contribution in [3.05, 3.63) is 47.7 Å². The fraction of sp³-hybridized carbons (Fsp3) is 0.278. The number of furan rings is 1. The van der Waals surface area contributed by atoms with Crippen molar-refractivity contribution in [1.29, 1.82) is 0 Å². The summed E-state index contributed by atoms with van der Waals surface area (Å²) in [6.45, 7) is 4.98. The molecule has 26 heavy (non-hydrogen) atoms. The van der Waals surface area contributed by atoms with E-state index in [1.54, 1.807) is 30.5 Å². The molecule has 0 saturated carbocycles. The highest BCUT2D eigenvalue weighted by molar-refractivity contribution is 7.99. The van der Waals surface area contributed by atoms with E-state index in [0.29, 0.717) is 33.4 Å². The van der Waals surface area contributed by atoms with Crippen LogP contribution in [0, 0.1) is 5.92 Å². The van der Waals surface area contributed by atoms with Crippen LogP contribution in [-0.4, -0.2) is 26.4 Å². The molecule has 0 fully saturated rings. The molecule has 2 heterocycles. The smallest absolute Gasteiger partial charge is 0.234 e. The summed E-state index contributed by atoms with van der Waals surface area (Å²) in [6.07, 6.45) is 1.61. The second-order valence-corrected chi connectivity index (χ2v) is 7.51. The molecule has 0 bridgehead atoms. The maximum atomic E-state index is 12.2. The average Bonchev–Trinajstić information content (AvgIpc) is 3.24. The Morgan fingerprint density at radius 1 is 1.27 bits per heavy atom. The van der Waals surface area contributed by atoms with Gasteiger partial charge in [0.2, 0.25) is 5.91 Å². The third-order valence-corrected chi connectivity index (χ3v) is 4.69. The molecular formula is C18H19ClN4O2S. The number of carbonyl (C=O) groups is 1. The molecule has 1 N–H and O–H groups in total. The quantitative estimate of drug-likeness (QED) is 0.598. The number of thioether (sulfide) groups is 1. The van der Waals surface area contributed by atoms with Crippen LogP contribution >= 0.6 is 23.4 Å². The van der Waals surface area contributed by atoms with Crippen LogP contribution in [0.4, 0.5) is 5.69 Å². The van der Waals surface area contributed by atoms with E-state index in [1.165, 1.54) is 11.8 Å². The Hall–Kier alpha value is -2.25. The van der Waals surface area contributed by atoms with Crippen LogP contribution in [0.2, 0.25) is 5.02 Å². The second-order valence-electron chi connectivity index (χ2n) is 6.13. The minimum Gasteiger partial charge on any atom is -0.461 e. The van der Waals surface area contributed by atoms with Crippen molar-refractivity contribution < 1.29 is 9.21 Å². The number of amides is 1. The van der Waals surface area contributed by atoms with Crippen molar-refractivity contribution in [2.75, 3.05) is 11.1 Å². The summed E-state index contributed by atoms with van der Waals surface area (Å²) in [7, 11) is 0. The van der Waals surface area contributed by atoms with Gasteiger partial charge in [0.25, 0.3) is 0 Å². The molecule has 0 atom stereocenters. The molecule has 3 rings (SSSR count). The first kappa shape index (κ1) is 18.5. The van der Waals surface area contributed by atoms with Crippen molar-refractivity contribution in [2.24, 2.45) is 5.92 Å². The summed E-state index contributed by atoms with van der Waals surface area (Å²) < 4.78 is 7.44. The van der Waals surface area contributed by atoms with Crippen LogP contribution in [0.1, 0.15) is 13.8 Å². The van der Waals surface area contributed by atoms with Crippen LogP contribution in [0.3, 0.4) is 0 Å². The zero-order valence-electron chi connectivity index (χ0n) is 14.5. The summed E-state index contributed by atoms with van der Waals surface area (Å²) in [4.78, 5) is 12.2. The lowest BCUT2D eigenvalue weighted by molar-refractivity contribution is -0.113. The largest absolute Gasteiger partial charge is 0.461 e. The van der Waals surface area contributed by atoms with Gasteiger partial charge in [-0.3, -0.25) is 9.36 Å². The Morgan fingerprint density at radius 3 is 2.69 bits per heavy atom. The first-order chi connectivity index (χ1) is 12.5. The molecular weight excluding hydrogens is 372 g/mol. The van der Waals surface area contributed by atoms with Gasteiger partial charge in [0, 0.05) is 17.3 Å². The lowest BCUT2D eigenvalue weighted by atomic mass is 10.2. The monoisotopic (exact) mass is 390 g/mol. The number of anilines is 1. The molecule has 0 aliphatic rings. The van der Waals surface area contributed by atoms with Crippen molar-refractivity contribution >= 4 is 35.0 Å². The van der Waals surface area contributed by atoms with Crippen LogP contribution in [0.5, 0.6) is 0 Å². The van der Waals surface area contributed by atoms with E-state index in [2.05, 4.69) is 29.4 Å². The molecule has 0 spiro atoms. The number of carbonyl (C=O) groups excluding carboxylic acids is 1. The number of rotatable bonds is 7. The SMILES string of the molecule is CC(C)Cn1c(SCC(=O)Nc2ccc(Cl)cc2)nnc1-c1ccco1. The fourth-order valence-corrected chi connectivity index (χ4v) is 3.25. The van der Waals surface area contributed by atoms with Crippen LogP contribution in [-0.2, 0) is 11.3 Å². The van der Waals surface area contributed by atoms with Gasteiger partial charge in [0.15, 0.2) is 16.7 Å². The van der Waals surface area contributed by atoms with Crippen molar-refractivity contribution in [3.63, 3.8) is 0 Å². The van der Waals surface area contributed by atoms with Crippen LogP contribution in [0.25, 0.3) is 11.6 Å². The number of nitrogens with zero attached hydrogens (tertiary/aromatic N) is 3. The summed E-state index contributed by atoms with van der Waals surface area (Å²) in [5.41, 5.74) is 0.708. The molecule has 3 aromatic rings. The number of aromatic nitrogens is 3. The lowest BCUT2D eigenvalue weighted by Gasteiger charge is -2.11. The Labute approximate surface area is 160 Å². The molecule has 0 unspecified atom stereocenters. The Balaban J connectivity index is 1.69. The second kappa shape index (κ2) is 8.42. The first-order valence-electron chi connectivity index (χ1n) is 8.18. The predicted octanol–water partition coefficient (Wildman–Crippen LogP) is 4.58. The Kier molecular flexibility index (Phi) is 6.00. The zero-order valence-corrected chi connectivity index (χ0v) is 16.0. The maximum Gasteiger partial charge on any atom is 0.234 e. The number of halogens is 1. The van der Waals surface area contributed by atoms with Gasteiger partial charge in [0.1, 0.15) is 0 Å². The minimum atomic E-state index is -0.115. The molecule has 0 radical (unpaired) electrons. The average molecular weight is 391 g/mol. The van der Waals surface area contributed by atoms with E-state index in [9.17, 15) is 4.79 Å². The van der Waals surface area contributed by atoms with Gasteiger partial charge in [-0.05, 0) is 42.3 Å². The Morgan fingerprint density at radius 2 is 2.04 bits per heavy atom. The Bertz CT molecular complexity index is 860. The molecule has 0 saturated heterocycles. The molecule has 1 aromatic carbocycles. The fourth-order valence-electron chi connectivity index (χ4n) is 2.37. The van der Waals surface area contributed by atoms with Crippen LogP contribution in [0.15, 0.2) is 52.2 Å². The van der Waals surface area contributed by atoms with E-state index in [0.717, 1.165) is 6.54 Å². The molecule has 0 aliphatic heterocycles. The van der Waals surface area contributed by atoms with Gasteiger partial charge in [-0.1, -0.05) is 37.2 Å². The predicted molar refractivity (Wildman–Crippen MR) is 103 cm³/mol. The summed E-state index contributed by atoms with van der Waals surface area (Å²) in [5.74, 6) is 1.86. The molecule has 6 nitrogen and oxygen atoms in total. The van der Waals surface area contributed by atoms with Crippen molar-refractivity contribution in [2.45, 2.75) is 25.5 Å². The highest BCUT2D eigenvalue weighted by atomic mass is 35.5. The molecule has 8 heteroatoms. The summed E-state index contributed by atoms with van der Waals surface area (Å²) in [5, 5.41) is 12.6. The van der Waals surface area contributed by atoms with Gasteiger partial charge < -0.3 is 9.73 Å². The standard InChI is InChI=1S/C18H19ClN4O2S/c1-12(2)10-23-17(15-4-3-9-25-15)21-22-18(23)26-11-16(24)20-14-7-5-13(19)6-8-14/h3-9,12H,10-11H2,1-2H3,(H,20,24). The third-order valence-electron chi connectivity index (χ3n) is 3.47. The number of hydrogen-bond acceptors (Lipinski definition) is 5. The summed E-state index contributed by atoms with van der Waals surface area (Å²) in [6, 6.07) is 10.7. The van der Waals surface area contributed by atoms with Gasteiger partial charge in [-0.2, -0.15) is 0 Å². The highest BCUT2D eigenvalue weighted by Crippen LogP contribution is 2.25. The van der Waals surface area contributed by atoms with Gasteiger partial charge >= 0.3 is 0 Å². The number of benzene rings is 1. The maximum absolute atomic E-state index is 12.2. The first-order valence-corrected chi connectivity index (χ1v) is 9.54. The van der Waals surface area contributed by atoms with Crippen molar-refractivity contribution in [3.8, 4) is 11.6 Å². The van der Waals surface area contributed by atoms with E-state index in [-0.39, 0.29) is 11.7 Å². The van der Waals surface area contributed by atoms with E-state index >= 15 is 0 Å².